The van der Waals surface area contributed by atoms with Gasteiger partial charge in [-0.2, -0.15) is 4.98 Å². The summed E-state index contributed by atoms with van der Waals surface area (Å²) < 4.78 is 12.9. The Kier molecular flexibility index (Phi) is 5.23. The molecule has 1 heterocycles. The molecule has 0 saturated carbocycles. The summed E-state index contributed by atoms with van der Waals surface area (Å²) in [7, 11) is 0. The smallest absolute Gasteiger partial charge is 0.229 e. The first-order valence-corrected chi connectivity index (χ1v) is 7.91. The maximum absolute atomic E-state index is 12.9. The Hall–Kier alpha value is -2.66. The van der Waals surface area contributed by atoms with Crippen molar-refractivity contribution in [2.45, 2.75) is 6.42 Å². The van der Waals surface area contributed by atoms with Crippen LogP contribution in [0, 0.1) is 5.82 Å². The van der Waals surface area contributed by atoms with Crippen molar-refractivity contribution in [1.29, 1.82) is 0 Å². The van der Waals surface area contributed by atoms with Crippen LogP contribution in [0.1, 0.15) is 5.56 Å². The molecular formula is C18H16ClFN4. The molecule has 0 spiro atoms. The molecule has 0 bridgehead atoms. The van der Waals surface area contributed by atoms with Gasteiger partial charge in [0.15, 0.2) is 0 Å². The van der Waals surface area contributed by atoms with E-state index >= 15 is 0 Å². The fourth-order valence-electron chi connectivity index (χ4n) is 2.19. The van der Waals surface area contributed by atoms with E-state index in [-0.39, 0.29) is 5.82 Å². The molecule has 0 aliphatic rings. The average Bonchev–Trinajstić information content (AvgIpc) is 2.59. The van der Waals surface area contributed by atoms with Crippen molar-refractivity contribution in [2.24, 2.45) is 0 Å². The third kappa shape index (κ3) is 4.43. The first-order valence-electron chi connectivity index (χ1n) is 7.53. The molecule has 6 heteroatoms. The van der Waals surface area contributed by atoms with E-state index in [4.69, 9.17) is 11.6 Å². The highest BCUT2D eigenvalue weighted by Crippen LogP contribution is 2.23. The number of nitrogens with zero attached hydrogens (tertiary/aromatic N) is 2. The van der Waals surface area contributed by atoms with Gasteiger partial charge in [0.2, 0.25) is 5.95 Å². The largest absolute Gasteiger partial charge is 0.370 e. The molecule has 0 saturated heterocycles. The first-order chi connectivity index (χ1) is 11.7. The van der Waals surface area contributed by atoms with Gasteiger partial charge in [-0.1, -0.05) is 35.9 Å². The minimum absolute atomic E-state index is 0.224. The topological polar surface area (TPSA) is 49.8 Å². The second-order valence-electron chi connectivity index (χ2n) is 5.17. The number of rotatable bonds is 6. The van der Waals surface area contributed by atoms with Crippen molar-refractivity contribution in [3.05, 3.63) is 77.2 Å². The zero-order valence-corrected chi connectivity index (χ0v) is 13.6. The van der Waals surface area contributed by atoms with Gasteiger partial charge in [0.05, 0.1) is 10.7 Å². The lowest BCUT2D eigenvalue weighted by atomic mass is 10.1. The van der Waals surface area contributed by atoms with Crippen LogP contribution in [0.3, 0.4) is 0 Å². The number of anilines is 3. The number of hydrogen-bond donors (Lipinski definition) is 2. The van der Waals surface area contributed by atoms with Crippen LogP contribution < -0.4 is 10.6 Å². The van der Waals surface area contributed by atoms with Crippen molar-refractivity contribution < 1.29 is 4.39 Å². The maximum atomic E-state index is 12.9. The first kappa shape index (κ1) is 16.2. The molecule has 1 aromatic heterocycles. The molecule has 3 rings (SSSR count). The predicted molar refractivity (Wildman–Crippen MR) is 95.4 cm³/mol. The summed E-state index contributed by atoms with van der Waals surface area (Å²) in [4.78, 5) is 8.59. The fourth-order valence-corrected chi connectivity index (χ4v) is 2.37. The summed E-state index contributed by atoms with van der Waals surface area (Å²) in [5.41, 5.74) is 1.81. The van der Waals surface area contributed by atoms with E-state index < -0.39 is 0 Å². The van der Waals surface area contributed by atoms with E-state index in [1.165, 1.54) is 12.1 Å². The Labute approximate surface area is 144 Å². The number of aromatic nitrogens is 2. The number of hydrogen-bond acceptors (Lipinski definition) is 4. The number of para-hydroxylation sites is 1. The monoisotopic (exact) mass is 342 g/mol. The molecule has 24 heavy (non-hydrogen) atoms. The van der Waals surface area contributed by atoms with Crippen molar-refractivity contribution in [2.75, 3.05) is 17.2 Å². The van der Waals surface area contributed by atoms with Crippen LogP contribution in [0.5, 0.6) is 0 Å². The SMILES string of the molecule is Fc1ccc(CCNc2ccnc(Nc3ccccc3Cl)n2)cc1. The van der Waals surface area contributed by atoms with Crippen LogP contribution in [-0.2, 0) is 6.42 Å². The van der Waals surface area contributed by atoms with Gasteiger partial charge in [0.25, 0.3) is 0 Å². The Bertz CT molecular complexity index is 808. The standard InChI is InChI=1S/C18H16ClFN4/c19-15-3-1-2-4-16(15)23-18-22-12-10-17(24-18)21-11-9-13-5-7-14(20)8-6-13/h1-8,10,12H,9,11H2,(H2,21,22,23,24). The molecule has 0 unspecified atom stereocenters. The summed E-state index contributed by atoms with van der Waals surface area (Å²) >= 11 is 6.12. The van der Waals surface area contributed by atoms with Crippen LogP contribution in [0.15, 0.2) is 60.8 Å². The lowest BCUT2D eigenvalue weighted by molar-refractivity contribution is 0.627. The van der Waals surface area contributed by atoms with E-state index in [0.717, 1.165) is 17.7 Å². The van der Waals surface area contributed by atoms with Crippen molar-refractivity contribution in [3.8, 4) is 0 Å². The van der Waals surface area contributed by atoms with Gasteiger partial charge in [0, 0.05) is 12.7 Å². The molecule has 0 fully saturated rings. The van der Waals surface area contributed by atoms with E-state index in [9.17, 15) is 4.39 Å². The molecule has 0 aliphatic heterocycles. The van der Waals surface area contributed by atoms with Crippen molar-refractivity contribution >= 4 is 29.1 Å². The highest BCUT2D eigenvalue weighted by atomic mass is 35.5. The highest BCUT2D eigenvalue weighted by Gasteiger charge is 2.03. The third-order valence-corrected chi connectivity index (χ3v) is 3.74. The summed E-state index contributed by atoms with van der Waals surface area (Å²) in [5.74, 6) is 0.953. The van der Waals surface area contributed by atoms with Gasteiger partial charge in [-0.25, -0.2) is 9.37 Å². The summed E-state index contributed by atoms with van der Waals surface area (Å²) in [6.45, 7) is 0.689. The number of halogens is 2. The highest BCUT2D eigenvalue weighted by molar-refractivity contribution is 6.33. The van der Waals surface area contributed by atoms with E-state index in [1.807, 2.05) is 18.2 Å². The third-order valence-electron chi connectivity index (χ3n) is 3.41. The maximum Gasteiger partial charge on any atom is 0.229 e. The average molecular weight is 343 g/mol. The molecular weight excluding hydrogens is 327 g/mol. The van der Waals surface area contributed by atoms with Gasteiger partial charge >= 0.3 is 0 Å². The van der Waals surface area contributed by atoms with Crippen LogP contribution in [0.2, 0.25) is 5.02 Å². The van der Waals surface area contributed by atoms with Crippen LogP contribution >= 0.6 is 11.6 Å². The van der Waals surface area contributed by atoms with E-state index in [1.54, 1.807) is 30.5 Å². The molecule has 3 aromatic rings. The summed E-state index contributed by atoms with van der Waals surface area (Å²) in [5, 5.41) is 6.93. The zero-order valence-electron chi connectivity index (χ0n) is 12.8. The number of benzene rings is 2. The van der Waals surface area contributed by atoms with Crippen LogP contribution in [-0.4, -0.2) is 16.5 Å². The molecule has 0 radical (unpaired) electrons. The lowest BCUT2D eigenvalue weighted by Crippen LogP contribution is -2.07. The van der Waals surface area contributed by atoms with E-state index in [2.05, 4.69) is 20.6 Å². The molecule has 0 atom stereocenters. The normalized spacial score (nSPS) is 10.4. The second kappa shape index (κ2) is 7.75. The van der Waals surface area contributed by atoms with Gasteiger partial charge < -0.3 is 10.6 Å². The quantitative estimate of drug-likeness (QED) is 0.683. The molecule has 2 N–H and O–H groups in total. The van der Waals surface area contributed by atoms with Crippen LogP contribution in [0.25, 0.3) is 0 Å². The fraction of sp³-hybridized carbons (Fsp3) is 0.111. The Morgan fingerprint density at radius 1 is 1.00 bits per heavy atom. The zero-order chi connectivity index (χ0) is 16.8. The Morgan fingerprint density at radius 3 is 2.58 bits per heavy atom. The van der Waals surface area contributed by atoms with E-state index in [0.29, 0.717) is 23.3 Å². The van der Waals surface area contributed by atoms with Crippen LogP contribution in [0.4, 0.5) is 21.8 Å². The molecule has 122 valence electrons. The molecule has 0 amide bonds. The van der Waals surface area contributed by atoms with Crippen molar-refractivity contribution in [3.63, 3.8) is 0 Å². The second-order valence-corrected chi connectivity index (χ2v) is 5.58. The minimum atomic E-state index is -0.224. The van der Waals surface area contributed by atoms with Gasteiger partial charge in [-0.3, -0.25) is 0 Å². The Balaban J connectivity index is 1.59. The van der Waals surface area contributed by atoms with Gasteiger partial charge in [-0.05, 0) is 42.3 Å². The Morgan fingerprint density at radius 2 is 1.79 bits per heavy atom. The summed E-state index contributed by atoms with van der Waals surface area (Å²) in [6, 6.07) is 15.7. The van der Waals surface area contributed by atoms with Crippen molar-refractivity contribution in [1.82, 2.24) is 9.97 Å². The van der Waals surface area contributed by atoms with Gasteiger partial charge in [0.1, 0.15) is 11.6 Å². The summed E-state index contributed by atoms with van der Waals surface area (Å²) in [6.07, 6.45) is 2.45. The number of nitrogens with one attached hydrogen (secondary N) is 2. The molecule has 4 nitrogen and oxygen atoms in total. The minimum Gasteiger partial charge on any atom is -0.370 e. The van der Waals surface area contributed by atoms with Gasteiger partial charge in [-0.15, -0.1) is 0 Å². The predicted octanol–water partition coefficient (Wildman–Crippen LogP) is 4.67. The lowest BCUT2D eigenvalue weighted by Gasteiger charge is -2.09. The molecule has 2 aromatic carbocycles. The molecule has 0 aliphatic carbocycles.